The van der Waals surface area contributed by atoms with Crippen LogP contribution in [0.5, 0.6) is 0 Å². The van der Waals surface area contributed by atoms with Crippen LogP contribution in [0.25, 0.3) is 0 Å². The van der Waals surface area contributed by atoms with E-state index in [4.69, 9.17) is 23.2 Å². The van der Waals surface area contributed by atoms with Crippen LogP contribution in [0.2, 0.25) is 10.2 Å². The van der Waals surface area contributed by atoms with Crippen molar-refractivity contribution in [3.05, 3.63) is 21.9 Å². The molecule has 0 aromatic carbocycles. The molecule has 124 valence electrons. The largest absolute Gasteiger partial charge is 0.357 e. The Morgan fingerprint density at radius 3 is 2.55 bits per heavy atom. The number of aliphatic imine (C=N–C) groups is 1. The standard InChI is InChI=1S/C14H23Cl2N5O/c1-5-17-14(18-7-6-12(22)20(2)3)19-9-10-8-11(15)13(16)21(10)4/h8H,5-7,9H2,1-4H3,(H2,17,18,19). The van der Waals surface area contributed by atoms with E-state index in [1.54, 1.807) is 29.6 Å². The summed E-state index contributed by atoms with van der Waals surface area (Å²) in [6.07, 6.45) is 0.416. The van der Waals surface area contributed by atoms with Crippen molar-refractivity contribution in [1.82, 2.24) is 20.1 Å². The van der Waals surface area contributed by atoms with Crippen LogP contribution in [-0.4, -0.2) is 48.5 Å². The number of hydrogen-bond acceptors (Lipinski definition) is 2. The quantitative estimate of drug-likeness (QED) is 0.609. The SMILES string of the molecule is CCNC(=NCc1cc(Cl)c(Cl)n1C)NCCC(=O)N(C)C. The van der Waals surface area contributed by atoms with Crippen LogP contribution in [0.1, 0.15) is 19.0 Å². The predicted molar refractivity (Wildman–Crippen MR) is 91.6 cm³/mol. The van der Waals surface area contributed by atoms with Crippen molar-refractivity contribution in [1.29, 1.82) is 0 Å². The number of nitrogens with one attached hydrogen (secondary N) is 2. The molecule has 0 radical (unpaired) electrons. The van der Waals surface area contributed by atoms with E-state index in [0.717, 1.165) is 12.2 Å². The molecule has 0 aliphatic rings. The summed E-state index contributed by atoms with van der Waals surface area (Å²) in [5, 5.41) is 7.29. The van der Waals surface area contributed by atoms with Crippen LogP contribution in [-0.2, 0) is 18.4 Å². The van der Waals surface area contributed by atoms with Gasteiger partial charge in [0.25, 0.3) is 0 Å². The Kier molecular flexibility index (Phi) is 7.55. The molecule has 1 aromatic heterocycles. The summed E-state index contributed by atoms with van der Waals surface area (Å²) in [6, 6.07) is 1.80. The van der Waals surface area contributed by atoms with Gasteiger partial charge in [-0.2, -0.15) is 0 Å². The molecule has 2 N–H and O–H groups in total. The highest BCUT2D eigenvalue weighted by atomic mass is 35.5. The number of rotatable bonds is 6. The molecule has 22 heavy (non-hydrogen) atoms. The Morgan fingerprint density at radius 1 is 1.36 bits per heavy atom. The summed E-state index contributed by atoms with van der Waals surface area (Å²) in [5.41, 5.74) is 0.913. The van der Waals surface area contributed by atoms with E-state index in [1.165, 1.54) is 0 Å². The number of hydrogen-bond donors (Lipinski definition) is 2. The molecule has 0 bridgehead atoms. The molecule has 1 heterocycles. The number of halogens is 2. The second-order valence-electron chi connectivity index (χ2n) is 4.99. The van der Waals surface area contributed by atoms with Crippen molar-refractivity contribution in [2.75, 3.05) is 27.2 Å². The summed E-state index contributed by atoms with van der Waals surface area (Å²) >= 11 is 12.0. The highest BCUT2D eigenvalue weighted by molar-refractivity contribution is 6.41. The van der Waals surface area contributed by atoms with Crippen LogP contribution in [0.15, 0.2) is 11.1 Å². The average Bonchev–Trinajstić information content (AvgIpc) is 2.71. The molecule has 0 aliphatic carbocycles. The zero-order valence-electron chi connectivity index (χ0n) is 13.4. The lowest BCUT2D eigenvalue weighted by molar-refractivity contribution is -0.128. The Labute approximate surface area is 141 Å². The van der Waals surface area contributed by atoms with Crippen LogP contribution < -0.4 is 10.6 Å². The topological polar surface area (TPSA) is 61.7 Å². The minimum atomic E-state index is 0.0735. The second-order valence-corrected chi connectivity index (χ2v) is 5.76. The minimum Gasteiger partial charge on any atom is -0.357 e. The maximum atomic E-state index is 11.5. The summed E-state index contributed by atoms with van der Waals surface area (Å²) < 4.78 is 1.80. The molecule has 0 unspecified atom stereocenters. The lowest BCUT2D eigenvalue weighted by Gasteiger charge is -2.13. The third kappa shape index (κ3) is 5.42. The van der Waals surface area contributed by atoms with E-state index < -0.39 is 0 Å². The number of carbonyl (C=O) groups is 1. The van der Waals surface area contributed by atoms with E-state index >= 15 is 0 Å². The van der Waals surface area contributed by atoms with Gasteiger partial charge in [-0.15, -0.1) is 0 Å². The molecule has 0 fully saturated rings. The Balaban J connectivity index is 2.61. The molecule has 0 saturated carbocycles. The van der Waals surface area contributed by atoms with Gasteiger partial charge in [0.15, 0.2) is 5.96 Å². The van der Waals surface area contributed by atoms with Gasteiger partial charge in [-0.25, -0.2) is 4.99 Å². The molecule has 1 amide bonds. The molecule has 1 rings (SSSR count). The molecule has 0 spiro atoms. The molecular weight excluding hydrogens is 325 g/mol. The molecule has 0 atom stereocenters. The van der Waals surface area contributed by atoms with E-state index in [-0.39, 0.29) is 5.91 Å². The molecule has 8 heteroatoms. The number of nitrogens with zero attached hydrogens (tertiary/aromatic N) is 3. The molecular formula is C14H23Cl2N5O. The third-order valence-corrected chi connectivity index (χ3v) is 3.93. The third-order valence-electron chi connectivity index (χ3n) is 3.09. The van der Waals surface area contributed by atoms with Crippen LogP contribution >= 0.6 is 23.2 Å². The van der Waals surface area contributed by atoms with Crippen LogP contribution in [0, 0.1) is 0 Å². The maximum absolute atomic E-state index is 11.5. The van der Waals surface area contributed by atoms with E-state index in [1.807, 2.05) is 14.0 Å². The fourth-order valence-corrected chi connectivity index (χ4v) is 2.17. The fourth-order valence-electron chi connectivity index (χ4n) is 1.75. The van der Waals surface area contributed by atoms with Crippen molar-refractivity contribution < 1.29 is 4.79 Å². The van der Waals surface area contributed by atoms with E-state index in [9.17, 15) is 4.79 Å². The van der Waals surface area contributed by atoms with Crippen molar-refractivity contribution in [2.45, 2.75) is 19.9 Å². The monoisotopic (exact) mass is 347 g/mol. The summed E-state index contributed by atoms with van der Waals surface area (Å²) in [7, 11) is 5.32. The number of amides is 1. The van der Waals surface area contributed by atoms with Gasteiger partial charge < -0.3 is 20.1 Å². The van der Waals surface area contributed by atoms with Crippen LogP contribution in [0.4, 0.5) is 0 Å². The van der Waals surface area contributed by atoms with Crippen molar-refractivity contribution in [2.24, 2.45) is 12.0 Å². The first-order valence-corrected chi connectivity index (χ1v) is 7.84. The summed E-state index contributed by atoms with van der Waals surface area (Å²) in [4.78, 5) is 17.6. The maximum Gasteiger partial charge on any atom is 0.223 e. The number of aromatic nitrogens is 1. The normalized spacial score (nSPS) is 11.5. The number of carbonyl (C=O) groups excluding carboxylic acids is 1. The molecule has 6 nitrogen and oxygen atoms in total. The van der Waals surface area contributed by atoms with Gasteiger partial charge in [0.05, 0.1) is 11.6 Å². The fraction of sp³-hybridized carbons (Fsp3) is 0.571. The summed E-state index contributed by atoms with van der Waals surface area (Å²) in [5.74, 6) is 0.729. The van der Waals surface area contributed by atoms with Gasteiger partial charge in [0, 0.05) is 46.3 Å². The highest BCUT2D eigenvalue weighted by Gasteiger charge is 2.09. The highest BCUT2D eigenvalue weighted by Crippen LogP contribution is 2.25. The van der Waals surface area contributed by atoms with Crippen molar-refractivity contribution in [3.8, 4) is 0 Å². The smallest absolute Gasteiger partial charge is 0.223 e. The molecule has 0 saturated heterocycles. The zero-order chi connectivity index (χ0) is 16.7. The first-order chi connectivity index (χ1) is 10.4. The summed E-state index contributed by atoms with van der Waals surface area (Å²) in [6.45, 7) is 3.69. The van der Waals surface area contributed by atoms with Gasteiger partial charge in [-0.05, 0) is 13.0 Å². The Bertz CT molecular complexity index is 540. The van der Waals surface area contributed by atoms with E-state index in [0.29, 0.717) is 35.6 Å². The van der Waals surface area contributed by atoms with Gasteiger partial charge in [-0.1, -0.05) is 23.2 Å². The second kappa shape index (κ2) is 8.90. The first-order valence-electron chi connectivity index (χ1n) is 7.08. The Morgan fingerprint density at radius 2 is 2.05 bits per heavy atom. The Hall–Kier alpha value is -1.40. The minimum absolute atomic E-state index is 0.0735. The van der Waals surface area contributed by atoms with Gasteiger partial charge in [0.2, 0.25) is 5.91 Å². The van der Waals surface area contributed by atoms with E-state index in [2.05, 4.69) is 15.6 Å². The molecule has 1 aromatic rings. The average molecular weight is 348 g/mol. The lowest BCUT2D eigenvalue weighted by atomic mass is 10.4. The van der Waals surface area contributed by atoms with Crippen molar-refractivity contribution >= 4 is 35.1 Å². The zero-order valence-corrected chi connectivity index (χ0v) is 14.9. The molecule has 0 aliphatic heterocycles. The lowest BCUT2D eigenvalue weighted by Crippen LogP contribution is -2.39. The number of guanidine groups is 1. The van der Waals surface area contributed by atoms with Gasteiger partial charge >= 0.3 is 0 Å². The van der Waals surface area contributed by atoms with Crippen LogP contribution in [0.3, 0.4) is 0 Å². The first kappa shape index (κ1) is 18.6. The predicted octanol–water partition coefficient (Wildman–Crippen LogP) is 1.87. The van der Waals surface area contributed by atoms with Gasteiger partial charge in [0.1, 0.15) is 5.15 Å². The van der Waals surface area contributed by atoms with Crippen molar-refractivity contribution in [3.63, 3.8) is 0 Å². The van der Waals surface area contributed by atoms with Gasteiger partial charge in [-0.3, -0.25) is 4.79 Å².